The molecular formula is C18H35N3O3. The number of ketones is 1. The molecule has 1 atom stereocenters. The molecule has 24 heavy (non-hydrogen) atoms. The van der Waals surface area contributed by atoms with Gasteiger partial charge in [0.05, 0.1) is 0 Å². The molecule has 0 aliphatic rings. The summed E-state index contributed by atoms with van der Waals surface area (Å²) in [6.45, 7) is 12.5. The highest BCUT2D eigenvalue weighted by molar-refractivity contribution is 5.92. The van der Waals surface area contributed by atoms with Crippen LogP contribution in [0.15, 0.2) is 0 Å². The first-order valence-corrected chi connectivity index (χ1v) is 8.52. The standard InChI is InChI=1S/C18H35N3O3/c1-17(2,3)11-13(22)10-14(16(24)20-9-8-19)21(7)15(23)12-18(4,5)6/h14H,8-12,19H2,1-7H3,(H,20,24). The van der Waals surface area contributed by atoms with Crippen molar-refractivity contribution in [3.8, 4) is 0 Å². The molecule has 0 aliphatic heterocycles. The average Bonchev–Trinajstić information content (AvgIpc) is 2.37. The summed E-state index contributed by atoms with van der Waals surface area (Å²) in [4.78, 5) is 38.6. The molecule has 6 heteroatoms. The van der Waals surface area contributed by atoms with Gasteiger partial charge in [-0.15, -0.1) is 0 Å². The Morgan fingerprint density at radius 2 is 1.50 bits per heavy atom. The zero-order valence-electron chi connectivity index (χ0n) is 16.4. The fourth-order valence-corrected chi connectivity index (χ4v) is 2.35. The predicted molar refractivity (Wildman–Crippen MR) is 96.4 cm³/mol. The molecule has 6 nitrogen and oxygen atoms in total. The Bertz CT molecular complexity index is 447. The second-order valence-corrected chi connectivity index (χ2v) is 8.82. The van der Waals surface area contributed by atoms with Crippen LogP contribution in [0, 0.1) is 10.8 Å². The van der Waals surface area contributed by atoms with Gasteiger partial charge >= 0.3 is 0 Å². The van der Waals surface area contributed by atoms with Crippen LogP contribution < -0.4 is 11.1 Å². The molecule has 0 aromatic carbocycles. The van der Waals surface area contributed by atoms with Crippen molar-refractivity contribution in [1.82, 2.24) is 10.2 Å². The first-order chi connectivity index (χ1) is 10.8. The molecule has 140 valence electrons. The summed E-state index contributed by atoms with van der Waals surface area (Å²) in [5.41, 5.74) is 5.09. The lowest BCUT2D eigenvalue weighted by molar-refractivity contribution is -0.142. The van der Waals surface area contributed by atoms with Crippen LogP contribution in [0.3, 0.4) is 0 Å². The lowest BCUT2D eigenvalue weighted by atomic mass is 9.87. The minimum absolute atomic E-state index is 0.0224. The van der Waals surface area contributed by atoms with E-state index in [1.54, 1.807) is 7.05 Å². The van der Waals surface area contributed by atoms with Crippen molar-refractivity contribution < 1.29 is 14.4 Å². The van der Waals surface area contributed by atoms with E-state index in [9.17, 15) is 14.4 Å². The van der Waals surface area contributed by atoms with Gasteiger partial charge in [0.15, 0.2) is 0 Å². The highest BCUT2D eigenvalue weighted by Gasteiger charge is 2.31. The maximum absolute atomic E-state index is 12.5. The maximum atomic E-state index is 12.5. The monoisotopic (exact) mass is 341 g/mol. The minimum Gasteiger partial charge on any atom is -0.353 e. The van der Waals surface area contributed by atoms with Crippen LogP contribution in [-0.2, 0) is 14.4 Å². The lowest BCUT2D eigenvalue weighted by Crippen LogP contribution is -2.50. The summed E-state index contributed by atoms with van der Waals surface area (Å²) >= 11 is 0. The van der Waals surface area contributed by atoms with E-state index in [-0.39, 0.29) is 34.8 Å². The number of hydrogen-bond donors (Lipinski definition) is 2. The summed E-state index contributed by atoms with van der Waals surface area (Å²) < 4.78 is 0. The van der Waals surface area contributed by atoms with Gasteiger partial charge in [0, 0.05) is 39.4 Å². The van der Waals surface area contributed by atoms with Crippen molar-refractivity contribution in [3.63, 3.8) is 0 Å². The van der Waals surface area contributed by atoms with E-state index in [0.29, 0.717) is 25.9 Å². The first-order valence-electron chi connectivity index (χ1n) is 8.52. The Morgan fingerprint density at radius 1 is 1.00 bits per heavy atom. The molecule has 0 radical (unpaired) electrons. The number of nitrogens with zero attached hydrogens (tertiary/aromatic N) is 1. The zero-order chi connectivity index (χ0) is 19.1. The molecule has 0 aromatic rings. The quantitative estimate of drug-likeness (QED) is 0.703. The van der Waals surface area contributed by atoms with Crippen LogP contribution in [0.2, 0.25) is 0 Å². The molecule has 0 heterocycles. The van der Waals surface area contributed by atoms with Gasteiger partial charge in [0.1, 0.15) is 11.8 Å². The Morgan fingerprint density at radius 3 is 1.92 bits per heavy atom. The lowest BCUT2D eigenvalue weighted by Gasteiger charge is -2.30. The van der Waals surface area contributed by atoms with Crippen molar-refractivity contribution in [1.29, 1.82) is 0 Å². The van der Waals surface area contributed by atoms with Crippen molar-refractivity contribution in [3.05, 3.63) is 0 Å². The number of rotatable bonds is 8. The Kier molecular flexibility index (Phi) is 8.61. The first kappa shape index (κ1) is 22.6. The number of carbonyl (C=O) groups excluding carboxylic acids is 3. The summed E-state index contributed by atoms with van der Waals surface area (Å²) in [6.07, 6.45) is 0.715. The van der Waals surface area contributed by atoms with Gasteiger partial charge in [-0.1, -0.05) is 41.5 Å². The van der Waals surface area contributed by atoms with E-state index in [2.05, 4.69) is 5.32 Å². The molecule has 0 aromatic heterocycles. The van der Waals surface area contributed by atoms with Crippen LogP contribution in [0.1, 0.15) is 60.8 Å². The zero-order valence-corrected chi connectivity index (χ0v) is 16.4. The number of nitrogens with one attached hydrogen (secondary N) is 1. The van der Waals surface area contributed by atoms with Gasteiger partial charge in [0.25, 0.3) is 0 Å². The van der Waals surface area contributed by atoms with Crippen LogP contribution in [-0.4, -0.2) is 48.7 Å². The molecule has 0 rings (SSSR count). The van der Waals surface area contributed by atoms with Gasteiger partial charge in [-0.05, 0) is 10.8 Å². The molecular weight excluding hydrogens is 306 g/mol. The van der Waals surface area contributed by atoms with Crippen molar-refractivity contribution >= 4 is 17.6 Å². The van der Waals surface area contributed by atoms with E-state index < -0.39 is 6.04 Å². The Hall–Kier alpha value is -1.43. The smallest absolute Gasteiger partial charge is 0.243 e. The molecule has 0 saturated carbocycles. The number of amides is 2. The van der Waals surface area contributed by atoms with Gasteiger partial charge < -0.3 is 16.0 Å². The fraction of sp³-hybridized carbons (Fsp3) is 0.833. The normalized spacial score (nSPS) is 13.3. The maximum Gasteiger partial charge on any atom is 0.243 e. The fourth-order valence-electron chi connectivity index (χ4n) is 2.35. The molecule has 0 spiro atoms. The second kappa shape index (κ2) is 9.16. The van der Waals surface area contributed by atoms with Crippen LogP contribution >= 0.6 is 0 Å². The minimum atomic E-state index is -0.791. The van der Waals surface area contributed by atoms with Gasteiger partial charge in [0.2, 0.25) is 11.8 Å². The van der Waals surface area contributed by atoms with Crippen LogP contribution in [0.4, 0.5) is 0 Å². The third-order valence-corrected chi connectivity index (χ3v) is 3.44. The summed E-state index contributed by atoms with van der Waals surface area (Å²) in [5, 5.41) is 2.69. The molecule has 2 amide bonds. The molecule has 0 aliphatic carbocycles. The van der Waals surface area contributed by atoms with E-state index in [4.69, 9.17) is 5.73 Å². The number of hydrogen-bond acceptors (Lipinski definition) is 4. The Labute approximate surface area is 146 Å². The van der Waals surface area contributed by atoms with Crippen LogP contribution in [0.5, 0.6) is 0 Å². The SMILES string of the molecule is CN(C(=O)CC(C)(C)C)C(CC(=O)CC(C)(C)C)C(=O)NCCN. The third kappa shape index (κ3) is 9.65. The number of Topliss-reactive ketones (excluding diaryl/α,β-unsaturated/α-hetero) is 1. The van der Waals surface area contributed by atoms with Crippen molar-refractivity contribution in [2.75, 3.05) is 20.1 Å². The van der Waals surface area contributed by atoms with E-state index in [1.165, 1.54) is 4.90 Å². The van der Waals surface area contributed by atoms with Gasteiger partial charge in [-0.3, -0.25) is 14.4 Å². The number of likely N-dealkylation sites (N-methyl/N-ethyl adjacent to an activating group) is 1. The largest absolute Gasteiger partial charge is 0.353 e. The van der Waals surface area contributed by atoms with E-state index >= 15 is 0 Å². The molecule has 3 N–H and O–H groups in total. The molecule has 0 bridgehead atoms. The molecule has 0 saturated heterocycles. The summed E-state index contributed by atoms with van der Waals surface area (Å²) in [5.74, 6) is -0.489. The van der Waals surface area contributed by atoms with E-state index in [1.807, 2.05) is 41.5 Å². The molecule has 0 fully saturated rings. The summed E-state index contributed by atoms with van der Waals surface area (Å²) in [7, 11) is 1.59. The highest BCUT2D eigenvalue weighted by Crippen LogP contribution is 2.23. The number of nitrogens with two attached hydrogens (primary N) is 1. The predicted octanol–water partition coefficient (Wildman–Crippen LogP) is 1.72. The average molecular weight is 341 g/mol. The van der Waals surface area contributed by atoms with Crippen molar-refractivity contribution in [2.24, 2.45) is 16.6 Å². The number of carbonyl (C=O) groups is 3. The third-order valence-electron chi connectivity index (χ3n) is 3.44. The van der Waals surface area contributed by atoms with Crippen molar-refractivity contribution in [2.45, 2.75) is 66.8 Å². The second-order valence-electron chi connectivity index (χ2n) is 8.82. The van der Waals surface area contributed by atoms with Gasteiger partial charge in [-0.2, -0.15) is 0 Å². The van der Waals surface area contributed by atoms with Crippen LogP contribution in [0.25, 0.3) is 0 Å². The highest BCUT2D eigenvalue weighted by atomic mass is 16.2. The van der Waals surface area contributed by atoms with Gasteiger partial charge in [-0.25, -0.2) is 0 Å². The molecule has 1 unspecified atom stereocenters. The summed E-state index contributed by atoms with van der Waals surface area (Å²) in [6, 6.07) is -0.791. The topological polar surface area (TPSA) is 92.5 Å². The van der Waals surface area contributed by atoms with E-state index in [0.717, 1.165) is 0 Å². The Balaban J connectivity index is 5.14.